The van der Waals surface area contributed by atoms with Gasteiger partial charge in [-0.15, -0.1) is 0 Å². The second-order valence-corrected chi connectivity index (χ2v) is 10.8. The molecule has 5 heteroatoms. The number of benzene rings is 2. The first-order chi connectivity index (χ1) is 13.1. The van der Waals surface area contributed by atoms with Crippen molar-refractivity contribution in [3.05, 3.63) is 71.8 Å². The van der Waals surface area contributed by atoms with Crippen LogP contribution in [0.4, 0.5) is 0 Å². The second-order valence-electron chi connectivity index (χ2n) is 7.95. The Morgan fingerprint density at radius 1 is 0.815 bits per heavy atom. The third-order valence-corrected chi connectivity index (χ3v) is 9.28. The number of rotatable bonds is 5. The molecule has 2 atom stereocenters. The van der Waals surface area contributed by atoms with E-state index in [1.807, 2.05) is 30.9 Å². The van der Waals surface area contributed by atoms with Crippen LogP contribution < -0.4 is 0 Å². The smallest absolute Gasteiger partial charge is 0.270 e. The lowest BCUT2D eigenvalue weighted by atomic mass is 9.90. The lowest BCUT2D eigenvalue weighted by molar-refractivity contribution is 0.197. The molecule has 0 spiro atoms. The molecule has 4 nitrogen and oxygen atoms in total. The quantitative estimate of drug-likeness (QED) is 0.680. The molecule has 1 aliphatic carbocycles. The van der Waals surface area contributed by atoms with Crippen LogP contribution in [0, 0.1) is 0 Å². The van der Waals surface area contributed by atoms with E-state index in [0.717, 1.165) is 25.9 Å². The monoisotopic (exact) mass is 383 g/mol. The maximum absolute atomic E-state index is 14.5. The molecular weight excluding hydrogens is 353 g/mol. The number of nitrogens with zero attached hydrogens (tertiary/aromatic N) is 3. The number of hydrogen-bond donors (Lipinski definition) is 0. The SMILES string of the molecule is CN(C)P1(=O)N(Cc2ccccc2)C2CCCCC2N1Cc1ccccc1. The molecule has 4 rings (SSSR count). The van der Waals surface area contributed by atoms with Gasteiger partial charge in [-0.1, -0.05) is 73.5 Å². The average Bonchev–Trinajstić information content (AvgIpc) is 2.94. The highest BCUT2D eigenvalue weighted by molar-refractivity contribution is 7.56. The van der Waals surface area contributed by atoms with Gasteiger partial charge < -0.3 is 0 Å². The van der Waals surface area contributed by atoms with Crippen molar-refractivity contribution in [3.63, 3.8) is 0 Å². The summed E-state index contributed by atoms with van der Waals surface area (Å²) in [7, 11) is 1.16. The molecule has 0 amide bonds. The minimum absolute atomic E-state index is 0.371. The predicted octanol–water partition coefficient (Wildman–Crippen LogP) is 4.99. The Balaban J connectivity index is 1.72. The van der Waals surface area contributed by atoms with Crippen LogP contribution in [0.5, 0.6) is 0 Å². The third kappa shape index (κ3) is 3.52. The van der Waals surface area contributed by atoms with Gasteiger partial charge >= 0.3 is 0 Å². The summed E-state index contributed by atoms with van der Waals surface area (Å²) >= 11 is 0. The van der Waals surface area contributed by atoms with Crippen molar-refractivity contribution in [2.24, 2.45) is 0 Å². The van der Waals surface area contributed by atoms with E-state index in [1.165, 1.54) is 24.0 Å². The Kier molecular flexibility index (Phi) is 5.52. The molecule has 1 aliphatic heterocycles. The van der Waals surface area contributed by atoms with Crippen LogP contribution in [0.3, 0.4) is 0 Å². The molecule has 2 aromatic rings. The summed E-state index contributed by atoms with van der Waals surface area (Å²) in [6.07, 6.45) is 4.75. The van der Waals surface area contributed by atoms with Gasteiger partial charge in [0.15, 0.2) is 0 Å². The van der Waals surface area contributed by atoms with Crippen LogP contribution >= 0.6 is 7.59 Å². The molecule has 2 aromatic carbocycles. The molecule has 0 radical (unpaired) electrons. The van der Waals surface area contributed by atoms with Gasteiger partial charge in [0.05, 0.1) is 0 Å². The van der Waals surface area contributed by atoms with Crippen molar-refractivity contribution in [1.82, 2.24) is 14.0 Å². The summed E-state index contributed by atoms with van der Waals surface area (Å²) in [5.41, 5.74) is 2.48. The summed E-state index contributed by atoms with van der Waals surface area (Å²) in [5.74, 6) is 0. The zero-order valence-corrected chi connectivity index (χ0v) is 17.3. The fourth-order valence-corrected chi connectivity index (χ4v) is 7.96. The summed E-state index contributed by atoms with van der Waals surface area (Å²) in [5, 5.41) is 0. The highest BCUT2D eigenvalue weighted by Crippen LogP contribution is 2.65. The van der Waals surface area contributed by atoms with E-state index < -0.39 is 7.59 Å². The molecule has 1 saturated heterocycles. The molecule has 2 unspecified atom stereocenters. The predicted molar refractivity (Wildman–Crippen MR) is 111 cm³/mol. The minimum atomic E-state index is -2.80. The van der Waals surface area contributed by atoms with Crippen LogP contribution in [-0.2, 0) is 17.7 Å². The molecule has 1 saturated carbocycles. The first-order valence-electron chi connectivity index (χ1n) is 10.0. The van der Waals surface area contributed by atoms with E-state index in [0.29, 0.717) is 12.1 Å². The summed E-state index contributed by atoms with van der Waals surface area (Å²) in [4.78, 5) is 0. The maximum Gasteiger partial charge on any atom is 0.287 e. The number of fused-ring (bicyclic) bond motifs is 1. The fraction of sp³-hybridized carbons (Fsp3) is 0.455. The zero-order valence-electron chi connectivity index (χ0n) is 16.4. The Hall–Kier alpha value is -1.45. The highest BCUT2D eigenvalue weighted by atomic mass is 31.2. The lowest BCUT2D eigenvalue weighted by Crippen LogP contribution is -2.39. The van der Waals surface area contributed by atoms with Crippen molar-refractivity contribution in [1.29, 1.82) is 0 Å². The van der Waals surface area contributed by atoms with Gasteiger partial charge in [0.1, 0.15) is 0 Å². The summed E-state index contributed by atoms with van der Waals surface area (Å²) in [6, 6.07) is 21.7. The number of hydrogen-bond acceptors (Lipinski definition) is 1. The highest BCUT2D eigenvalue weighted by Gasteiger charge is 2.56. The fourth-order valence-electron chi connectivity index (χ4n) is 4.74. The topological polar surface area (TPSA) is 26.8 Å². The molecule has 0 bridgehead atoms. The van der Waals surface area contributed by atoms with Crippen LogP contribution in [0.1, 0.15) is 36.8 Å². The van der Waals surface area contributed by atoms with E-state index in [-0.39, 0.29) is 0 Å². The van der Waals surface area contributed by atoms with E-state index >= 15 is 0 Å². The molecule has 2 aliphatic rings. The van der Waals surface area contributed by atoms with E-state index in [9.17, 15) is 4.57 Å². The first-order valence-corrected chi connectivity index (χ1v) is 11.6. The first kappa shape index (κ1) is 18.9. The second kappa shape index (κ2) is 7.89. The van der Waals surface area contributed by atoms with Crippen LogP contribution in [0.15, 0.2) is 60.7 Å². The summed E-state index contributed by atoms with van der Waals surface area (Å²) in [6.45, 7) is 1.51. The van der Waals surface area contributed by atoms with Crippen LogP contribution in [0.2, 0.25) is 0 Å². The minimum Gasteiger partial charge on any atom is -0.270 e. The van der Waals surface area contributed by atoms with Gasteiger partial charge in [0.2, 0.25) is 0 Å². The van der Waals surface area contributed by atoms with Crippen molar-refractivity contribution >= 4 is 7.59 Å². The molecule has 0 N–H and O–H groups in total. The van der Waals surface area contributed by atoms with Crippen molar-refractivity contribution in [2.45, 2.75) is 50.9 Å². The molecule has 1 heterocycles. The largest absolute Gasteiger partial charge is 0.287 e. The van der Waals surface area contributed by atoms with E-state index in [2.05, 4.69) is 57.9 Å². The molecule has 0 aromatic heterocycles. The van der Waals surface area contributed by atoms with Crippen LogP contribution in [-0.4, -0.2) is 40.2 Å². The lowest BCUT2D eigenvalue weighted by Gasteiger charge is -2.36. The Bertz CT molecular complexity index is 734. The Morgan fingerprint density at radius 2 is 1.22 bits per heavy atom. The molecule has 144 valence electrons. The maximum atomic E-state index is 14.5. The van der Waals surface area contributed by atoms with Crippen molar-refractivity contribution in [3.8, 4) is 0 Å². The zero-order chi connectivity index (χ0) is 18.9. The molecule has 27 heavy (non-hydrogen) atoms. The summed E-state index contributed by atoms with van der Waals surface area (Å²) < 4.78 is 21.2. The third-order valence-electron chi connectivity index (χ3n) is 6.02. The van der Waals surface area contributed by atoms with E-state index in [1.54, 1.807) is 0 Å². The van der Waals surface area contributed by atoms with E-state index in [4.69, 9.17) is 0 Å². The van der Waals surface area contributed by atoms with Crippen molar-refractivity contribution < 1.29 is 4.57 Å². The van der Waals surface area contributed by atoms with Crippen molar-refractivity contribution in [2.75, 3.05) is 14.1 Å². The van der Waals surface area contributed by atoms with Crippen LogP contribution in [0.25, 0.3) is 0 Å². The average molecular weight is 383 g/mol. The van der Waals surface area contributed by atoms with Gasteiger partial charge in [-0.25, -0.2) is 14.0 Å². The Morgan fingerprint density at radius 3 is 1.59 bits per heavy atom. The van der Waals surface area contributed by atoms with Gasteiger partial charge in [0, 0.05) is 25.2 Å². The Labute approximate surface area is 163 Å². The molecular formula is C22H30N3OP. The van der Waals surface area contributed by atoms with Gasteiger partial charge in [-0.05, 0) is 38.1 Å². The standard InChI is InChI=1S/C22H30N3OP/c1-23(2)27(26)24(17-19-11-5-3-6-12-19)21-15-9-10-16-22(21)25(27)18-20-13-7-4-8-14-20/h3-8,11-14,21-22H,9-10,15-18H2,1-2H3. The van der Waals surface area contributed by atoms with Gasteiger partial charge in [0.25, 0.3) is 7.59 Å². The molecule has 2 fully saturated rings. The normalized spacial score (nSPS) is 29.1. The van der Waals surface area contributed by atoms with Gasteiger partial charge in [-0.3, -0.25) is 4.57 Å². The van der Waals surface area contributed by atoms with Gasteiger partial charge in [-0.2, -0.15) is 0 Å².